The molecule has 150 valence electrons. The number of esters is 1. The van der Waals surface area contributed by atoms with Gasteiger partial charge in [0.1, 0.15) is 5.70 Å². The molecule has 9 nitrogen and oxygen atoms in total. The fraction of sp³-hybridized carbons (Fsp3) is 0.150. The lowest BCUT2D eigenvalue weighted by atomic mass is 10.1. The quantitative estimate of drug-likeness (QED) is 0.320. The van der Waals surface area contributed by atoms with Crippen LogP contribution in [0.1, 0.15) is 29.8 Å². The molecule has 0 unspecified atom stereocenters. The maximum absolute atomic E-state index is 12.6. The zero-order valence-electron chi connectivity index (χ0n) is 15.8. The number of amides is 2. The molecule has 29 heavy (non-hydrogen) atoms. The first-order valence-electron chi connectivity index (χ1n) is 8.62. The molecule has 0 bridgehead atoms. The van der Waals surface area contributed by atoms with Gasteiger partial charge >= 0.3 is 5.97 Å². The summed E-state index contributed by atoms with van der Waals surface area (Å²) in [5.41, 5.74) is 1.11. The van der Waals surface area contributed by atoms with E-state index in [0.717, 1.165) is 0 Å². The molecule has 2 rings (SSSR count). The highest BCUT2D eigenvalue weighted by atomic mass is 16.6. The van der Waals surface area contributed by atoms with Crippen molar-refractivity contribution in [2.45, 2.75) is 13.8 Å². The van der Waals surface area contributed by atoms with Crippen LogP contribution < -0.4 is 10.6 Å². The van der Waals surface area contributed by atoms with E-state index in [-0.39, 0.29) is 18.0 Å². The number of nitro benzene ring substituents is 1. The van der Waals surface area contributed by atoms with Gasteiger partial charge in [0.2, 0.25) is 5.91 Å². The van der Waals surface area contributed by atoms with E-state index in [9.17, 15) is 24.5 Å². The standard InChI is InChI=1S/C20H19N3O6/c1-3-29-20(26)15-6-8-16(9-7-15)22-19(25)18(21-13(2)24)12-14-4-10-17(11-5-14)23(27)28/h4-12H,3H2,1-2H3,(H,21,24)(H,22,25)/b18-12+. The van der Waals surface area contributed by atoms with Crippen molar-refractivity contribution in [3.8, 4) is 0 Å². The number of anilines is 1. The Morgan fingerprint density at radius 1 is 1.07 bits per heavy atom. The molecule has 0 aromatic heterocycles. The number of ether oxygens (including phenoxy) is 1. The molecule has 9 heteroatoms. The average Bonchev–Trinajstić information content (AvgIpc) is 2.68. The molecule has 2 amide bonds. The van der Waals surface area contributed by atoms with Gasteiger partial charge in [-0.3, -0.25) is 19.7 Å². The highest BCUT2D eigenvalue weighted by Gasteiger charge is 2.13. The van der Waals surface area contributed by atoms with Crippen LogP contribution in [0.3, 0.4) is 0 Å². The fourth-order valence-corrected chi connectivity index (χ4v) is 2.31. The number of nitrogens with one attached hydrogen (secondary N) is 2. The first kappa shape index (κ1) is 21.3. The molecule has 0 atom stereocenters. The maximum Gasteiger partial charge on any atom is 0.338 e. The summed E-state index contributed by atoms with van der Waals surface area (Å²) in [6.07, 6.45) is 1.40. The van der Waals surface area contributed by atoms with Crippen molar-refractivity contribution >= 4 is 35.2 Å². The number of non-ortho nitro benzene ring substituents is 1. The molecule has 0 heterocycles. The second-order valence-corrected chi connectivity index (χ2v) is 5.84. The Hall–Kier alpha value is -4.01. The highest BCUT2D eigenvalue weighted by molar-refractivity contribution is 6.08. The number of nitrogens with zero attached hydrogens (tertiary/aromatic N) is 1. The molecule has 0 fully saturated rings. The Morgan fingerprint density at radius 2 is 1.69 bits per heavy atom. The van der Waals surface area contributed by atoms with Gasteiger partial charge in [0.05, 0.1) is 17.1 Å². The lowest BCUT2D eigenvalue weighted by Crippen LogP contribution is -2.28. The minimum absolute atomic E-state index is 0.0409. The van der Waals surface area contributed by atoms with E-state index in [0.29, 0.717) is 16.8 Å². The van der Waals surface area contributed by atoms with E-state index < -0.39 is 22.7 Å². The van der Waals surface area contributed by atoms with Gasteiger partial charge in [-0.1, -0.05) is 0 Å². The van der Waals surface area contributed by atoms with E-state index in [1.807, 2.05) is 0 Å². The second kappa shape index (κ2) is 9.79. The van der Waals surface area contributed by atoms with Crippen LogP contribution in [0.15, 0.2) is 54.2 Å². The Balaban J connectivity index is 2.19. The van der Waals surface area contributed by atoms with Crippen molar-refractivity contribution < 1.29 is 24.0 Å². The van der Waals surface area contributed by atoms with Crippen molar-refractivity contribution in [1.29, 1.82) is 0 Å². The number of carbonyl (C=O) groups excluding carboxylic acids is 3. The molecule has 0 spiro atoms. The summed E-state index contributed by atoms with van der Waals surface area (Å²) in [6.45, 7) is 3.21. The van der Waals surface area contributed by atoms with Crippen LogP contribution in [0, 0.1) is 10.1 Å². The lowest BCUT2D eigenvalue weighted by molar-refractivity contribution is -0.384. The predicted molar refractivity (Wildman–Crippen MR) is 106 cm³/mol. The van der Waals surface area contributed by atoms with Crippen LogP contribution >= 0.6 is 0 Å². The lowest BCUT2D eigenvalue weighted by Gasteiger charge is -2.10. The molecule has 2 aromatic carbocycles. The van der Waals surface area contributed by atoms with E-state index in [1.165, 1.54) is 61.5 Å². The van der Waals surface area contributed by atoms with E-state index >= 15 is 0 Å². The van der Waals surface area contributed by atoms with Gasteiger partial charge in [-0.2, -0.15) is 0 Å². The smallest absolute Gasteiger partial charge is 0.338 e. The number of hydrogen-bond donors (Lipinski definition) is 2. The van der Waals surface area contributed by atoms with Gasteiger partial charge in [-0.15, -0.1) is 0 Å². The molecule has 0 aliphatic carbocycles. The highest BCUT2D eigenvalue weighted by Crippen LogP contribution is 2.16. The second-order valence-electron chi connectivity index (χ2n) is 5.84. The third-order valence-electron chi connectivity index (χ3n) is 3.62. The number of nitro groups is 1. The molecule has 2 aromatic rings. The molecule has 0 radical (unpaired) electrons. The van der Waals surface area contributed by atoms with E-state index in [1.54, 1.807) is 6.92 Å². The van der Waals surface area contributed by atoms with Crippen molar-refractivity contribution in [1.82, 2.24) is 5.32 Å². The number of benzene rings is 2. The van der Waals surface area contributed by atoms with Crippen LogP contribution in [0.4, 0.5) is 11.4 Å². The zero-order valence-corrected chi connectivity index (χ0v) is 15.8. The van der Waals surface area contributed by atoms with E-state index in [4.69, 9.17) is 4.74 Å². The summed E-state index contributed by atoms with van der Waals surface area (Å²) in [5.74, 6) is -1.52. The predicted octanol–water partition coefficient (Wildman–Crippen LogP) is 2.89. The SMILES string of the molecule is CCOC(=O)c1ccc(NC(=O)/C(=C\c2ccc([N+](=O)[O-])cc2)NC(C)=O)cc1. The average molecular weight is 397 g/mol. The van der Waals surface area contributed by atoms with Crippen molar-refractivity contribution in [2.75, 3.05) is 11.9 Å². The third-order valence-corrected chi connectivity index (χ3v) is 3.62. The zero-order chi connectivity index (χ0) is 21.4. The third kappa shape index (κ3) is 6.28. The molecular formula is C20H19N3O6. The Morgan fingerprint density at radius 3 is 2.21 bits per heavy atom. The van der Waals surface area contributed by atoms with Gasteiger partial charge in [-0.25, -0.2) is 4.79 Å². The minimum Gasteiger partial charge on any atom is -0.462 e. The molecule has 0 saturated heterocycles. The first-order chi connectivity index (χ1) is 13.8. The molecule has 0 aliphatic rings. The molecule has 0 aliphatic heterocycles. The van der Waals surface area contributed by atoms with Crippen LogP contribution in [-0.2, 0) is 14.3 Å². The van der Waals surface area contributed by atoms with Gasteiger partial charge in [0.15, 0.2) is 0 Å². The van der Waals surface area contributed by atoms with Gasteiger partial charge < -0.3 is 15.4 Å². The van der Waals surface area contributed by atoms with Gasteiger partial charge in [-0.05, 0) is 55.0 Å². The van der Waals surface area contributed by atoms with Crippen LogP contribution in [0.5, 0.6) is 0 Å². The minimum atomic E-state index is -0.595. The summed E-state index contributed by atoms with van der Waals surface area (Å²) >= 11 is 0. The Bertz CT molecular complexity index is 949. The Labute approximate surface area is 166 Å². The van der Waals surface area contributed by atoms with Crippen molar-refractivity contribution in [3.63, 3.8) is 0 Å². The number of carbonyl (C=O) groups is 3. The fourth-order valence-electron chi connectivity index (χ4n) is 2.31. The monoisotopic (exact) mass is 397 g/mol. The summed E-state index contributed by atoms with van der Waals surface area (Å²) in [5, 5.41) is 15.8. The maximum atomic E-state index is 12.6. The van der Waals surface area contributed by atoms with Crippen LogP contribution in [-0.4, -0.2) is 29.3 Å². The van der Waals surface area contributed by atoms with Crippen LogP contribution in [0.25, 0.3) is 6.08 Å². The van der Waals surface area contributed by atoms with Gasteiger partial charge in [0, 0.05) is 24.7 Å². The van der Waals surface area contributed by atoms with Crippen LogP contribution in [0.2, 0.25) is 0 Å². The first-order valence-corrected chi connectivity index (χ1v) is 8.62. The summed E-state index contributed by atoms with van der Waals surface area (Å²) < 4.78 is 4.90. The number of hydrogen-bond acceptors (Lipinski definition) is 6. The molecule has 2 N–H and O–H groups in total. The van der Waals surface area contributed by atoms with Crippen molar-refractivity contribution in [3.05, 3.63) is 75.5 Å². The number of rotatable bonds is 7. The summed E-state index contributed by atoms with van der Waals surface area (Å²) in [6, 6.07) is 11.6. The molecule has 0 saturated carbocycles. The molecular weight excluding hydrogens is 378 g/mol. The summed E-state index contributed by atoms with van der Waals surface area (Å²) in [4.78, 5) is 45.9. The van der Waals surface area contributed by atoms with E-state index in [2.05, 4.69) is 10.6 Å². The Kier molecular flexibility index (Phi) is 7.19. The van der Waals surface area contributed by atoms with Gasteiger partial charge in [0.25, 0.3) is 11.6 Å². The normalized spacial score (nSPS) is 10.8. The summed E-state index contributed by atoms with van der Waals surface area (Å²) in [7, 11) is 0. The largest absolute Gasteiger partial charge is 0.462 e. The topological polar surface area (TPSA) is 128 Å². The van der Waals surface area contributed by atoms with Crippen molar-refractivity contribution in [2.24, 2.45) is 0 Å².